The molecule has 1 heterocycles. The number of carbonyl (C=O) groups excluding carboxylic acids is 1. The lowest BCUT2D eigenvalue weighted by Gasteiger charge is -2.07. The van der Waals surface area contributed by atoms with Gasteiger partial charge in [0.15, 0.2) is 0 Å². The Bertz CT molecular complexity index is 485. The van der Waals surface area contributed by atoms with Gasteiger partial charge in [-0.05, 0) is 23.7 Å². The average Bonchev–Trinajstić information content (AvgIpc) is 2.79. The van der Waals surface area contributed by atoms with Gasteiger partial charge in [-0.2, -0.15) is 0 Å². The van der Waals surface area contributed by atoms with Crippen LogP contribution in [0.4, 0.5) is 0 Å². The van der Waals surface area contributed by atoms with Crippen LogP contribution in [-0.4, -0.2) is 15.5 Å². The van der Waals surface area contributed by atoms with Crippen molar-refractivity contribution in [1.82, 2.24) is 9.59 Å². The van der Waals surface area contributed by atoms with Crippen LogP contribution in [0.25, 0.3) is 0 Å². The van der Waals surface area contributed by atoms with E-state index in [0.29, 0.717) is 11.3 Å². The lowest BCUT2D eigenvalue weighted by Crippen LogP contribution is -2.12. The van der Waals surface area contributed by atoms with Crippen LogP contribution in [0.1, 0.15) is 16.1 Å². The maximum absolute atomic E-state index is 11.1. The number of benzene rings is 1. The summed E-state index contributed by atoms with van der Waals surface area (Å²) in [7, 11) is 0. The molecule has 1 aromatic heterocycles. The minimum Gasteiger partial charge on any atom is -0.486 e. The summed E-state index contributed by atoms with van der Waals surface area (Å²) in [4.78, 5) is 11.1. The molecule has 0 atom stereocenters. The number of para-hydroxylation sites is 1. The van der Waals surface area contributed by atoms with Crippen LogP contribution in [-0.2, 0) is 6.61 Å². The highest BCUT2D eigenvalue weighted by molar-refractivity contribution is 7.03. The number of hydrogen-bond donors (Lipinski definition) is 1. The van der Waals surface area contributed by atoms with Crippen LogP contribution in [0.3, 0.4) is 0 Å². The molecule has 6 heteroatoms. The molecule has 16 heavy (non-hydrogen) atoms. The Hall–Kier alpha value is -1.95. The van der Waals surface area contributed by atoms with E-state index in [-0.39, 0.29) is 6.61 Å². The van der Waals surface area contributed by atoms with Crippen LogP contribution >= 0.6 is 11.5 Å². The van der Waals surface area contributed by atoms with Gasteiger partial charge in [0.25, 0.3) is 5.91 Å². The number of amides is 1. The summed E-state index contributed by atoms with van der Waals surface area (Å²) in [6.07, 6.45) is 0. The standard InChI is InChI=1S/C10H9N3O2S/c11-10(14)8-3-1-2-4-9(8)15-5-7-6-16-13-12-7/h1-4,6H,5H2,(H2,11,14). The van der Waals surface area contributed by atoms with Crippen LogP contribution in [0, 0.1) is 0 Å². The van der Waals surface area contributed by atoms with E-state index in [1.807, 2.05) is 0 Å². The van der Waals surface area contributed by atoms with Crippen molar-refractivity contribution in [2.24, 2.45) is 5.73 Å². The molecule has 0 fully saturated rings. The molecule has 0 saturated carbocycles. The maximum atomic E-state index is 11.1. The highest BCUT2D eigenvalue weighted by Gasteiger charge is 2.08. The van der Waals surface area contributed by atoms with E-state index in [1.54, 1.807) is 29.6 Å². The molecule has 5 nitrogen and oxygen atoms in total. The van der Waals surface area contributed by atoms with Gasteiger partial charge in [-0.3, -0.25) is 4.79 Å². The first kappa shape index (κ1) is 10.6. The van der Waals surface area contributed by atoms with E-state index in [1.165, 1.54) is 11.5 Å². The van der Waals surface area contributed by atoms with Crippen molar-refractivity contribution in [2.75, 3.05) is 0 Å². The molecule has 0 radical (unpaired) electrons. The number of primary amides is 1. The fourth-order valence-corrected chi connectivity index (χ4v) is 1.63. The molecule has 0 aliphatic heterocycles. The van der Waals surface area contributed by atoms with Crippen molar-refractivity contribution in [2.45, 2.75) is 6.61 Å². The maximum Gasteiger partial charge on any atom is 0.252 e. The van der Waals surface area contributed by atoms with Crippen LogP contribution < -0.4 is 10.5 Å². The minimum atomic E-state index is -0.507. The topological polar surface area (TPSA) is 78.1 Å². The molecule has 2 rings (SSSR count). The molecule has 1 aromatic carbocycles. The van der Waals surface area contributed by atoms with Gasteiger partial charge in [-0.15, -0.1) is 5.10 Å². The Morgan fingerprint density at radius 1 is 1.44 bits per heavy atom. The zero-order valence-electron chi connectivity index (χ0n) is 8.29. The second-order valence-electron chi connectivity index (χ2n) is 3.05. The molecule has 0 spiro atoms. The highest BCUT2D eigenvalue weighted by Crippen LogP contribution is 2.18. The van der Waals surface area contributed by atoms with Crippen molar-refractivity contribution in [1.29, 1.82) is 0 Å². The number of nitrogens with zero attached hydrogens (tertiary/aromatic N) is 2. The number of nitrogens with two attached hydrogens (primary N) is 1. The van der Waals surface area contributed by atoms with Gasteiger partial charge >= 0.3 is 0 Å². The number of rotatable bonds is 4. The lowest BCUT2D eigenvalue weighted by atomic mass is 10.2. The summed E-state index contributed by atoms with van der Waals surface area (Å²) in [5.74, 6) is -0.0463. The Balaban J connectivity index is 2.12. The fourth-order valence-electron chi connectivity index (χ4n) is 1.19. The Morgan fingerprint density at radius 3 is 2.94 bits per heavy atom. The largest absolute Gasteiger partial charge is 0.486 e. The number of aromatic nitrogens is 2. The number of carbonyl (C=O) groups is 1. The molecule has 2 N–H and O–H groups in total. The molecular weight excluding hydrogens is 226 g/mol. The quantitative estimate of drug-likeness (QED) is 0.864. The Kier molecular flexibility index (Phi) is 3.11. The third-order valence-corrected chi connectivity index (χ3v) is 2.49. The first-order chi connectivity index (χ1) is 7.77. The zero-order valence-corrected chi connectivity index (χ0v) is 9.11. The molecule has 2 aromatic rings. The Labute approximate surface area is 96.0 Å². The van der Waals surface area contributed by atoms with Gasteiger partial charge < -0.3 is 10.5 Å². The number of hydrogen-bond acceptors (Lipinski definition) is 5. The minimum absolute atomic E-state index is 0.279. The molecule has 1 amide bonds. The zero-order chi connectivity index (χ0) is 11.4. The molecule has 0 aliphatic carbocycles. The molecule has 0 unspecified atom stereocenters. The van der Waals surface area contributed by atoms with Crippen LogP contribution in [0.15, 0.2) is 29.6 Å². The first-order valence-corrected chi connectivity index (χ1v) is 5.38. The summed E-state index contributed by atoms with van der Waals surface area (Å²) in [5.41, 5.74) is 6.31. The highest BCUT2D eigenvalue weighted by atomic mass is 32.1. The monoisotopic (exact) mass is 235 g/mol. The van der Waals surface area contributed by atoms with Crippen molar-refractivity contribution >= 4 is 17.4 Å². The van der Waals surface area contributed by atoms with Crippen LogP contribution in [0.5, 0.6) is 5.75 Å². The molecule has 0 bridgehead atoms. The van der Waals surface area contributed by atoms with Crippen molar-refractivity contribution < 1.29 is 9.53 Å². The van der Waals surface area contributed by atoms with E-state index < -0.39 is 5.91 Å². The van der Waals surface area contributed by atoms with Gasteiger partial charge in [0.1, 0.15) is 18.1 Å². The summed E-state index contributed by atoms with van der Waals surface area (Å²) in [5, 5.41) is 5.62. The van der Waals surface area contributed by atoms with Crippen molar-refractivity contribution in [3.8, 4) is 5.75 Å². The molecule has 82 valence electrons. The third kappa shape index (κ3) is 2.34. The average molecular weight is 235 g/mol. The van der Waals surface area contributed by atoms with E-state index in [9.17, 15) is 4.79 Å². The third-order valence-electron chi connectivity index (χ3n) is 1.93. The smallest absolute Gasteiger partial charge is 0.252 e. The van der Waals surface area contributed by atoms with Gasteiger partial charge in [-0.1, -0.05) is 16.6 Å². The SMILES string of the molecule is NC(=O)c1ccccc1OCc1csnn1. The predicted molar refractivity (Wildman–Crippen MR) is 59.2 cm³/mol. The molecule has 0 aliphatic rings. The Morgan fingerprint density at radius 2 is 2.25 bits per heavy atom. The van der Waals surface area contributed by atoms with Gasteiger partial charge in [0.2, 0.25) is 0 Å². The van der Waals surface area contributed by atoms with E-state index in [0.717, 1.165) is 5.69 Å². The van der Waals surface area contributed by atoms with E-state index >= 15 is 0 Å². The summed E-state index contributed by atoms with van der Waals surface area (Å²) >= 11 is 1.25. The van der Waals surface area contributed by atoms with Crippen LogP contribution in [0.2, 0.25) is 0 Å². The van der Waals surface area contributed by atoms with Crippen molar-refractivity contribution in [3.05, 3.63) is 40.9 Å². The van der Waals surface area contributed by atoms with Gasteiger partial charge in [-0.25, -0.2) is 0 Å². The fraction of sp³-hybridized carbons (Fsp3) is 0.100. The van der Waals surface area contributed by atoms with E-state index in [4.69, 9.17) is 10.5 Å². The summed E-state index contributed by atoms with van der Waals surface area (Å²) < 4.78 is 9.16. The molecule has 0 saturated heterocycles. The number of ether oxygens (including phenoxy) is 1. The lowest BCUT2D eigenvalue weighted by molar-refractivity contribution is 0.0996. The first-order valence-electron chi connectivity index (χ1n) is 4.55. The summed E-state index contributed by atoms with van der Waals surface area (Å²) in [6, 6.07) is 6.83. The van der Waals surface area contributed by atoms with Gasteiger partial charge in [0, 0.05) is 5.38 Å². The normalized spacial score (nSPS) is 10.0. The van der Waals surface area contributed by atoms with Crippen molar-refractivity contribution in [3.63, 3.8) is 0 Å². The summed E-state index contributed by atoms with van der Waals surface area (Å²) in [6.45, 7) is 0.279. The predicted octanol–water partition coefficient (Wildman–Crippen LogP) is 1.22. The second kappa shape index (κ2) is 4.71. The molecular formula is C10H9N3O2S. The van der Waals surface area contributed by atoms with Gasteiger partial charge in [0.05, 0.1) is 5.56 Å². The second-order valence-corrected chi connectivity index (χ2v) is 3.66. The van der Waals surface area contributed by atoms with E-state index in [2.05, 4.69) is 9.59 Å².